The summed E-state index contributed by atoms with van der Waals surface area (Å²) >= 11 is 12.1. The monoisotopic (exact) mass is 541 g/mol. The molecule has 11 heteroatoms. The normalized spacial score (nSPS) is 16.6. The summed E-state index contributed by atoms with van der Waals surface area (Å²) in [6.45, 7) is 1.37. The van der Waals surface area contributed by atoms with Crippen LogP contribution in [-0.4, -0.2) is 57.9 Å². The number of rotatable bonds is 10. The number of hydrogen-bond donors (Lipinski definition) is 2. The lowest BCUT2D eigenvalue weighted by Gasteiger charge is -2.31. The molecule has 0 saturated carbocycles. The number of piperidine rings is 1. The molecule has 1 heterocycles. The van der Waals surface area contributed by atoms with Crippen LogP contribution in [0.2, 0.25) is 10.0 Å². The maximum atomic E-state index is 13.0. The van der Waals surface area contributed by atoms with Gasteiger partial charge in [-0.1, -0.05) is 41.4 Å². The minimum absolute atomic E-state index is 0.0603. The Hall–Kier alpha value is -2.17. The number of sulfonamides is 1. The van der Waals surface area contributed by atoms with Gasteiger partial charge in [0.05, 0.1) is 22.9 Å². The van der Waals surface area contributed by atoms with Crippen molar-refractivity contribution in [3.63, 3.8) is 0 Å². The van der Waals surface area contributed by atoms with Gasteiger partial charge in [-0.25, -0.2) is 12.7 Å². The minimum atomic E-state index is -3.70. The van der Waals surface area contributed by atoms with Gasteiger partial charge in [0, 0.05) is 43.4 Å². The van der Waals surface area contributed by atoms with Crippen LogP contribution >= 0.6 is 23.2 Å². The van der Waals surface area contributed by atoms with Crippen molar-refractivity contribution in [1.82, 2.24) is 9.62 Å². The number of ether oxygens (including phenoxy) is 1. The molecule has 35 heavy (non-hydrogen) atoms. The Morgan fingerprint density at radius 1 is 1.17 bits per heavy atom. The van der Waals surface area contributed by atoms with E-state index in [1.807, 2.05) is 0 Å². The number of amides is 2. The Morgan fingerprint density at radius 3 is 2.69 bits per heavy atom. The molecule has 1 aliphatic heterocycles. The highest BCUT2D eigenvalue weighted by molar-refractivity contribution is 7.88. The molecule has 0 aromatic heterocycles. The molecule has 2 aromatic rings. The highest BCUT2D eigenvalue weighted by Gasteiger charge is 2.33. The van der Waals surface area contributed by atoms with Gasteiger partial charge in [-0.15, -0.1) is 0 Å². The summed E-state index contributed by atoms with van der Waals surface area (Å²) in [5.41, 5.74) is 1.18. The lowest BCUT2D eigenvalue weighted by atomic mass is 9.98. The molecule has 1 aliphatic rings. The molecular formula is C24H29Cl2N3O5S. The average Bonchev–Trinajstić information content (AvgIpc) is 2.84. The van der Waals surface area contributed by atoms with Gasteiger partial charge in [-0.05, 0) is 49.1 Å². The van der Waals surface area contributed by atoms with E-state index in [1.54, 1.807) is 43.5 Å². The van der Waals surface area contributed by atoms with E-state index in [1.165, 1.54) is 10.4 Å². The smallest absolute Gasteiger partial charge is 0.253 e. The fourth-order valence-electron chi connectivity index (χ4n) is 3.87. The highest BCUT2D eigenvalue weighted by atomic mass is 35.5. The number of anilines is 1. The van der Waals surface area contributed by atoms with E-state index in [0.717, 1.165) is 0 Å². The van der Waals surface area contributed by atoms with Crippen LogP contribution in [-0.2, 0) is 25.3 Å². The summed E-state index contributed by atoms with van der Waals surface area (Å²) < 4.78 is 32.4. The molecular weight excluding hydrogens is 513 g/mol. The van der Waals surface area contributed by atoms with Crippen LogP contribution in [0.3, 0.4) is 0 Å². The number of para-hydroxylation sites is 1. The third kappa shape index (κ3) is 7.65. The van der Waals surface area contributed by atoms with Crippen molar-refractivity contribution in [1.29, 1.82) is 0 Å². The molecule has 0 spiro atoms. The first kappa shape index (κ1) is 27.4. The molecule has 1 saturated heterocycles. The molecule has 3 rings (SSSR count). The largest absolute Gasteiger partial charge is 0.385 e. The maximum Gasteiger partial charge on any atom is 0.253 e. The fraction of sp³-hybridized carbons (Fsp3) is 0.417. The van der Waals surface area contributed by atoms with Crippen molar-refractivity contribution in [3.05, 3.63) is 63.6 Å². The highest BCUT2D eigenvalue weighted by Crippen LogP contribution is 2.27. The molecule has 0 bridgehead atoms. The Morgan fingerprint density at radius 2 is 1.94 bits per heavy atom. The molecule has 2 amide bonds. The van der Waals surface area contributed by atoms with Crippen molar-refractivity contribution in [2.75, 3.05) is 38.7 Å². The number of nitrogens with one attached hydrogen (secondary N) is 2. The average molecular weight is 542 g/mol. The van der Waals surface area contributed by atoms with Gasteiger partial charge in [0.2, 0.25) is 15.9 Å². The van der Waals surface area contributed by atoms with Crippen molar-refractivity contribution >= 4 is 50.7 Å². The van der Waals surface area contributed by atoms with Crippen LogP contribution in [0.25, 0.3) is 0 Å². The van der Waals surface area contributed by atoms with Crippen LogP contribution in [0.4, 0.5) is 5.69 Å². The molecule has 0 unspecified atom stereocenters. The Labute approximate surface area is 216 Å². The number of carbonyl (C=O) groups is 2. The van der Waals surface area contributed by atoms with Crippen LogP contribution in [0.15, 0.2) is 42.5 Å². The third-order valence-electron chi connectivity index (χ3n) is 5.74. The summed E-state index contributed by atoms with van der Waals surface area (Å²) in [5, 5.41) is 6.33. The third-order valence-corrected chi connectivity index (χ3v) is 8.12. The second-order valence-electron chi connectivity index (χ2n) is 8.33. The van der Waals surface area contributed by atoms with E-state index in [9.17, 15) is 18.0 Å². The molecule has 1 atom stereocenters. The van der Waals surface area contributed by atoms with E-state index in [-0.39, 0.29) is 29.1 Å². The first-order valence-electron chi connectivity index (χ1n) is 11.3. The lowest BCUT2D eigenvalue weighted by molar-refractivity contribution is -0.120. The quantitative estimate of drug-likeness (QED) is 0.443. The van der Waals surface area contributed by atoms with E-state index in [4.69, 9.17) is 27.9 Å². The number of benzene rings is 2. The molecule has 0 radical (unpaired) electrons. The van der Waals surface area contributed by atoms with Crippen LogP contribution in [0.1, 0.15) is 35.2 Å². The summed E-state index contributed by atoms with van der Waals surface area (Å²) in [4.78, 5) is 25.6. The lowest BCUT2D eigenvalue weighted by Crippen LogP contribution is -2.44. The SMILES string of the molecule is COCCCNC(=O)c1ccccc1NC(=O)[C@H]1CCCN(S(=O)(=O)Cc2ccc(Cl)cc2Cl)C1. The van der Waals surface area contributed by atoms with Gasteiger partial charge in [0.1, 0.15) is 0 Å². The summed E-state index contributed by atoms with van der Waals surface area (Å²) in [5.74, 6) is -1.44. The Balaban J connectivity index is 1.65. The summed E-state index contributed by atoms with van der Waals surface area (Å²) in [6.07, 6.45) is 1.77. The van der Waals surface area contributed by atoms with Gasteiger partial charge in [0.15, 0.2) is 0 Å². The zero-order valence-corrected chi connectivity index (χ0v) is 21.8. The first-order chi connectivity index (χ1) is 16.7. The predicted octanol–water partition coefficient (Wildman–Crippen LogP) is 3.94. The van der Waals surface area contributed by atoms with Crippen molar-refractivity contribution in [2.24, 2.45) is 5.92 Å². The second-order valence-corrected chi connectivity index (χ2v) is 11.1. The second kappa shape index (κ2) is 12.7. The molecule has 0 aliphatic carbocycles. The molecule has 2 N–H and O–H groups in total. The topological polar surface area (TPSA) is 105 Å². The summed E-state index contributed by atoms with van der Waals surface area (Å²) in [7, 11) is -2.10. The van der Waals surface area contributed by atoms with Gasteiger partial charge in [-0.2, -0.15) is 0 Å². The van der Waals surface area contributed by atoms with Crippen LogP contribution < -0.4 is 10.6 Å². The van der Waals surface area contributed by atoms with Gasteiger partial charge in [0.25, 0.3) is 5.91 Å². The molecule has 1 fully saturated rings. The predicted molar refractivity (Wildman–Crippen MR) is 137 cm³/mol. The number of nitrogens with zero attached hydrogens (tertiary/aromatic N) is 1. The standard InChI is InChI=1S/C24H29Cl2N3O5S/c1-34-13-5-11-27-24(31)20-7-2-3-8-22(20)28-23(30)17-6-4-12-29(15-17)35(32,33)16-18-9-10-19(25)14-21(18)26/h2-3,7-10,14,17H,4-6,11-13,15-16H2,1H3,(H,27,31)(H,28,30)/t17-/m0/s1. The van der Waals surface area contributed by atoms with Gasteiger partial charge in [-0.3, -0.25) is 9.59 Å². The van der Waals surface area contributed by atoms with Crippen molar-refractivity contribution in [2.45, 2.75) is 25.0 Å². The van der Waals surface area contributed by atoms with E-state index in [0.29, 0.717) is 60.8 Å². The number of methoxy groups -OCH3 is 1. The Bertz CT molecular complexity index is 1160. The van der Waals surface area contributed by atoms with Gasteiger partial charge >= 0.3 is 0 Å². The fourth-order valence-corrected chi connectivity index (χ4v) is 6.07. The number of halogens is 2. The van der Waals surface area contributed by atoms with E-state index < -0.39 is 15.9 Å². The van der Waals surface area contributed by atoms with Crippen LogP contribution in [0, 0.1) is 5.92 Å². The summed E-state index contributed by atoms with van der Waals surface area (Å²) in [6, 6.07) is 11.4. The maximum absolute atomic E-state index is 13.0. The van der Waals surface area contributed by atoms with Crippen molar-refractivity contribution < 1.29 is 22.7 Å². The van der Waals surface area contributed by atoms with E-state index in [2.05, 4.69) is 10.6 Å². The minimum Gasteiger partial charge on any atom is -0.385 e. The molecule has 2 aromatic carbocycles. The van der Waals surface area contributed by atoms with Crippen molar-refractivity contribution in [3.8, 4) is 0 Å². The zero-order chi connectivity index (χ0) is 25.4. The zero-order valence-electron chi connectivity index (χ0n) is 19.4. The van der Waals surface area contributed by atoms with Gasteiger partial charge < -0.3 is 15.4 Å². The molecule has 8 nitrogen and oxygen atoms in total. The van der Waals surface area contributed by atoms with E-state index >= 15 is 0 Å². The number of hydrogen-bond acceptors (Lipinski definition) is 5. The molecule has 190 valence electrons. The number of carbonyl (C=O) groups excluding carboxylic acids is 2. The first-order valence-corrected chi connectivity index (χ1v) is 13.7. The Kier molecular flexibility index (Phi) is 9.94. The van der Waals surface area contributed by atoms with Crippen LogP contribution in [0.5, 0.6) is 0 Å².